The molecule has 0 aliphatic carbocycles. The van der Waals surface area contributed by atoms with Crippen LogP contribution in [0.1, 0.15) is 18.4 Å². The number of rotatable bonds is 2. The van der Waals surface area contributed by atoms with Crippen molar-refractivity contribution in [1.29, 1.82) is 0 Å². The van der Waals surface area contributed by atoms with Crippen molar-refractivity contribution in [3.8, 4) is 0 Å². The Bertz CT molecular complexity index is 570. The lowest BCUT2D eigenvalue weighted by atomic mass is 10.2. The molecule has 5 nitrogen and oxygen atoms in total. The molecule has 0 spiro atoms. The van der Waals surface area contributed by atoms with Gasteiger partial charge in [0.1, 0.15) is 0 Å². The third-order valence-electron chi connectivity index (χ3n) is 4.04. The Balaban J connectivity index is 1.60. The van der Waals surface area contributed by atoms with E-state index in [1.54, 1.807) is 15.9 Å². The van der Waals surface area contributed by atoms with Gasteiger partial charge in [-0.15, -0.1) is 0 Å². The average Bonchev–Trinajstić information content (AvgIpc) is 3.13. The number of fused-ring (bicyclic) bond motifs is 1. The van der Waals surface area contributed by atoms with Gasteiger partial charge in [0.15, 0.2) is 0 Å². The smallest absolute Gasteiger partial charge is 0.322 e. The van der Waals surface area contributed by atoms with Crippen LogP contribution < -0.4 is 10.2 Å². The normalized spacial score (nSPS) is 17.0. The number of likely N-dealkylation sites (tertiary alicyclic amines) is 1. The number of nitrogens with one attached hydrogen (secondary N) is 1. The van der Waals surface area contributed by atoms with Gasteiger partial charge in [-0.05, 0) is 37.0 Å². The van der Waals surface area contributed by atoms with Gasteiger partial charge in [0.05, 0.1) is 12.2 Å². The van der Waals surface area contributed by atoms with Crippen LogP contribution in [-0.4, -0.2) is 43.0 Å². The highest BCUT2D eigenvalue weighted by atomic mass is 35.5. The van der Waals surface area contributed by atoms with Crippen LogP contribution >= 0.6 is 11.6 Å². The van der Waals surface area contributed by atoms with E-state index in [-0.39, 0.29) is 18.5 Å². The van der Waals surface area contributed by atoms with E-state index in [1.807, 2.05) is 12.1 Å². The van der Waals surface area contributed by atoms with E-state index in [9.17, 15) is 9.59 Å². The highest BCUT2D eigenvalue weighted by Gasteiger charge is 2.26. The quantitative estimate of drug-likeness (QED) is 0.909. The molecule has 6 heteroatoms. The van der Waals surface area contributed by atoms with Gasteiger partial charge in [-0.1, -0.05) is 17.7 Å². The molecule has 2 aliphatic rings. The second-order valence-electron chi connectivity index (χ2n) is 5.42. The molecule has 0 radical (unpaired) electrons. The largest absolute Gasteiger partial charge is 0.341 e. The summed E-state index contributed by atoms with van der Waals surface area (Å²) in [6.07, 6.45) is 2.93. The van der Waals surface area contributed by atoms with E-state index in [2.05, 4.69) is 5.32 Å². The minimum atomic E-state index is -0.233. The maximum absolute atomic E-state index is 12.2. The Morgan fingerprint density at radius 2 is 1.95 bits per heavy atom. The number of anilines is 1. The van der Waals surface area contributed by atoms with Crippen LogP contribution in [0.3, 0.4) is 0 Å². The first-order chi connectivity index (χ1) is 10.1. The van der Waals surface area contributed by atoms with Crippen LogP contribution in [0.25, 0.3) is 0 Å². The van der Waals surface area contributed by atoms with Gasteiger partial charge in [-0.2, -0.15) is 0 Å². The van der Waals surface area contributed by atoms with Gasteiger partial charge in [-0.25, -0.2) is 4.79 Å². The van der Waals surface area contributed by atoms with Crippen LogP contribution in [0.2, 0.25) is 5.02 Å². The number of urea groups is 1. The molecule has 1 N–H and O–H groups in total. The Morgan fingerprint density at radius 3 is 2.71 bits per heavy atom. The Kier molecular flexibility index (Phi) is 4.01. The van der Waals surface area contributed by atoms with E-state index in [0.717, 1.165) is 43.6 Å². The summed E-state index contributed by atoms with van der Waals surface area (Å²) in [5.41, 5.74) is 1.95. The first-order valence-electron chi connectivity index (χ1n) is 7.27. The third-order valence-corrected chi connectivity index (χ3v) is 4.27. The molecular formula is C15H18ClN3O2. The molecule has 0 unspecified atom stereocenters. The lowest BCUT2D eigenvalue weighted by Gasteiger charge is -2.20. The molecule has 0 aromatic heterocycles. The number of hydrogen-bond acceptors (Lipinski definition) is 2. The maximum Gasteiger partial charge on any atom is 0.322 e. The van der Waals surface area contributed by atoms with Gasteiger partial charge in [-0.3, -0.25) is 9.69 Å². The van der Waals surface area contributed by atoms with Crippen molar-refractivity contribution in [2.45, 2.75) is 19.3 Å². The SMILES string of the molecule is O=C(CNC(=O)N1CCc2ccc(Cl)cc21)N1CCCC1. The van der Waals surface area contributed by atoms with Crippen LogP contribution in [-0.2, 0) is 11.2 Å². The number of nitrogens with zero attached hydrogens (tertiary/aromatic N) is 2. The first kappa shape index (κ1) is 14.2. The summed E-state index contributed by atoms with van der Waals surface area (Å²) in [5, 5.41) is 3.33. The van der Waals surface area contributed by atoms with Crippen molar-refractivity contribution in [3.63, 3.8) is 0 Å². The van der Waals surface area contributed by atoms with Crippen LogP contribution in [0, 0.1) is 0 Å². The first-order valence-corrected chi connectivity index (χ1v) is 7.64. The minimum Gasteiger partial charge on any atom is -0.341 e. The van der Waals surface area contributed by atoms with Gasteiger partial charge in [0.25, 0.3) is 0 Å². The Labute approximate surface area is 128 Å². The van der Waals surface area contributed by atoms with E-state index < -0.39 is 0 Å². The summed E-state index contributed by atoms with van der Waals surface area (Å²) >= 11 is 5.99. The molecule has 1 aromatic rings. The zero-order valence-electron chi connectivity index (χ0n) is 11.8. The number of carbonyl (C=O) groups is 2. The summed E-state index contributed by atoms with van der Waals surface area (Å²) in [7, 11) is 0. The molecule has 1 fully saturated rings. The average molecular weight is 308 g/mol. The van der Waals surface area contributed by atoms with E-state index in [0.29, 0.717) is 11.6 Å². The van der Waals surface area contributed by atoms with Crippen molar-refractivity contribution in [2.24, 2.45) is 0 Å². The summed E-state index contributed by atoms with van der Waals surface area (Å²) in [4.78, 5) is 27.6. The minimum absolute atomic E-state index is 0.00800. The molecular weight excluding hydrogens is 290 g/mol. The number of benzene rings is 1. The number of halogens is 1. The predicted molar refractivity (Wildman–Crippen MR) is 81.7 cm³/mol. The van der Waals surface area contributed by atoms with Crippen LogP contribution in [0.5, 0.6) is 0 Å². The van der Waals surface area contributed by atoms with Crippen molar-refractivity contribution < 1.29 is 9.59 Å². The van der Waals surface area contributed by atoms with Crippen molar-refractivity contribution in [2.75, 3.05) is 31.1 Å². The summed E-state index contributed by atoms with van der Waals surface area (Å²) < 4.78 is 0. The molecule has 112 valence electrons. The number of hydrogen-bond donors (Lipinski definition) is 1. The van der Waals surface area contributed by atoms with Crippen molar-refractivity contribution >= 4 is 29.2 Å². The zero-order chi connectivity index (χ0) is 14.8. The van der Waals surface area contributed by atoms with Crippen molar-refractivity contribution in [1.82, 2.24) is 10.2 Å². The molecule has 1 aromatic carbocycles. The summed E-state index contributed by atoms with van der Waals surface area (Å²) in [6, 6.07) is 5.34. The Morgan fingerprint density at radius 1 is 1.19 bits per heavy atom. The van der Waals surface area contributed by atoms with E-state index in [4.69, 9.17) is 11.6 Å². The van der Waals surface area contributed by atoms with E-state index >= 15 is 0 Å². The third kappa shape index (κ3) is 2.97. The standard InChI is InChI=1S/C15H18ClN3O2/c16-12-4-3-11-5-8-19(13(11)9-12)15(21)17-10-14(20)18-6-1-2-7-18/h3-4,9H,1-2,5-8,10H2,(H,17,21). The molecule has 3 amide bonds. The molecule has 21 heavy (non-hydrogen) atoms. The molecule has 2 aliphatic heterocycles. The molecule has 0 bridgehead atoms. The van der Waals surface area contributed by atoms with Gasteiger partial charge in [0.2, 0.25) is 5.91 Å². The molecule has 0 atom stereocenters. The monoisotopic (exact) mass is 307 g/mol. The van der Waals surface area contributed by atoms with Gasteiger partial charge in [0, 0.05) is 24.7 Å². The fraction of sp³-hybridized carbons (Fsp3) is 0.467. The second kappa shape index (κ2) is 5.93. The van der Waals surface area contributed by atoms with Crippen molar-refractivity contribution in [3.05, 3.63) is 28.8 Å². The molecule has 1 saturated heterocycles. The molecule has 3 rings (SSSR count). The number of amides is 3. The highest BCUT2D eigenvalue weighted by molar-refractivity contribution is 6.31. The highest BCUT2D eigenvalue weighted by Crippen LogP contribution is 2.30. The van der Waals surface area contributed by atoms with Crippen LogP contribution in [0.4, 0.5) is 10.5 Å². The van der Waals surface area contributed by atoms with Gasteiger partial charge < -0.3 is 10.2 Å². The Hall–Kier alpha value is -1.75. The lowest BCUT2D eigenvalue weighted by molar-refractivity contribution is -0.128. The van der Waals surface area contributed by atoms with Crippen LogP contribution in [0.15, 0.2) is 18.2 Å². The lowest BCUT2D eigenvalue weighted by Crippen LogP contribution is -2.44. The zero-order valence-corrected chi connectivity index (χ0v) is 12.5. The maximum atomic E-state index is 12.2. The summed E-state index contributed by atoms with van der Waals surface area (Å²) in [6.45, 7) is 2.29. The topological polar surface area (TPSA) is 52.7 Å². The molecule has 0 saturated carbocycles. The second-order valence-corrected chi connectivity index (χ2v) is 5.86. The summed E-state index contributed by atoms with van der Waals surface area (Å²) in [5.74, 6) is -0.00800. The van der Waals surface area contributed by atoms with Gasteiger partial charge >= 0.3 is 6.03 Å². The fourth-order valence-electron chi connectivity index (χ4n) is 2.89. The fourth-order valence-corrected chi connectivity index (χ4v) is 3.05. The number of carbonyl (C=O) groups excluding carboxylic acids is 2. The predicted octanol–water partition coefficient (Wildman–Crippen LogP) is 2.03. The molecule has 2 heterocycles. The van der Waals surface area contributed by atoms with E-state index in [1.165, 1.54) is 0 Å².